The summed E-state index contributed by atoms with van der Waals surface area (Å²) in [5, 5.41) is 1.24. The molecule has 2 aromatic carbocycles. The summed E-state index contributed by atoms with van der Waals surface area (Å²) in [7, 11) is 0. The van der Waals surface area contributed by atoms with Crippen LogP contribution in [-0.4, -0.2) is 4.57 Å². The third-order valence-electron chi connectivity index (χ3n) is 3.21. The first kappa shape index (κ1) is 12.1. The Hall–Kier alpha value is -2.00. The molecule has 0 saturated carbocycles. The van der Waals surface area contributed by atoms with Gasteiger partial charge >= 0.3 is 0 Å². The second-order valence-electron chi connectivity index (χ2n) is 4.46. The molecule has 0 aliphatic carbocycles. The number of nitrogen functional groups attached to an aromatic ring is 1. The lowest BCUT2D eigenvalue weighted by Gasteiger charge is -2.09. The number of halogens is 2. The van der Waals surface area contributed by atoms with E-state index >= 15 is 0 Å². The van der Waals surface area contributed by atoms with Gasteiger partial charge in [-0.25, -0.2) is 4.39 Å². The lowest BCUT2D eigenvalue weighted by molar-refractivity contribution is 0.639. The molecule has 1 heterocycles. The van der Waals surface area contributed by atoms with E-state index in [2.05, 4.69) is 0 Å². The Bertz CT molecular complexity index is 749. The van der Waals surface area contributed by atoms with Crippen molar-refractivity contribution >= 4 is 28.2 Å². The fourth-order valence-corrected chi connectivity index (χ4v) is 2.40. The predicted octanol–water partition coefficient (Wildman–Crippen LogP) is 4.06. The van der Waals surface area contributed by atoms with Gasteiger partial charge in [0.1, 0.15) is 5.82 Å². The van der Waals surface area contributed by atoms with Crippen LogP contribution in [0.5, 0.6) is 0 Å². The van der Waals surface area contributed by atoms with Gasteiger partial charge in [0.05, 0.1) is 5.52 Å². The van der Waals surface area contributed by atoms with Crippen molar-refractivity contribution in [3.63, 3.8) is 0 Å². The Labute approximate surface area is 115 Å². The molecule has 0 atom stereocenters. The van der Waals surface area contributed by atoms with Gasteiger partial charge in [0, 0.05) is 28.8 Å². The summed E-state index contributed by atoms with van der Waals surface area (Å²) in [6.45, 7) is 0.593. The monoisotopic (exact) mass is 274 g/mol. The van der Waals surface area contributed by atoms with E-state index in [1.54, 1.807) is 24.3 Å². The van der Waals surface area contributed by atoms with Crippen molar-refractivity contribution in [2.24, 2.45) is 0 Å². The van der Waals surface area contributed by atoms with Gasteiger partial charge in [0.25, 0.3) is 0 Å². The fourth-order valence-electron chi connectivity index (χ4n) is 2.22. The normalized spacial score (nSPS) is 11.1. The van der Waals surface area contributed by atoms with E-state index in [0.29, 0.717) is 22.6 Å². The van der Waals surface area contributed by atoms with Crippen LogP contribution in [0, 0.1) is 5.82 Å². The zero-order valence-electron chi connectivity index (χ0n) is 10.1. The summed E-state index contributed by atoms with van der Waals surface area (Å²) >= 11 is 5.88. The van der Waals surface area contributed by atoms with Crippen LogP contribution in [0.15, 0.2) is 48.7 Å². The van der Waals surface area contributed by atoms with E-state index in [1.807, 2.05) is 22.9 Å². The summed E-state index contributed by atoms with van der Waals surface area (Å²) < 4.78 is 15.6. The molecule has 4 heteroatoms. The Morgan fingerprint density at radius 3 is 2.79 bits per heavy atom. The number of rotatable bonds is 2. The van der Waals surface area contributed by atoms with Crippen molar-refractivity contribution in [2.45, 2.75) is 6.54 Å². The number of hydrogen-bond donors (Lipinski definition) is 1. The maximum atomic E-state index is 13.6. The van der Waals surface area contributed by atoms with Crippen molar-refractivity contribution < 1.29 is 4.39 Å². The first-order chi connectivity index (χ1) is 9.15. The average Bonchev–Trinajstić information content (AvgIpc) is 2.78. The fraction of sp³-hybridized carbons (Fsp3) is 0.0667. The van der Waals surface area contributed by atoms with Crippen LogP contribution in [0.1, 0.15) is 5.56 Å². The average molecular weight is 275 g/mol. The van der Waals surface area contributed by atoms with Crippen LogP contribution < -0.4 is 5.73 Å². The molecule has 0 aliphatic rings. The zero-order valence-corrected chi connectivity index (χ0v) is 10.9. The number of aromatic nitrogens is 1. The van der Waals surface area contributed by atoms with Gasteiger partial charge in [-0.1, -0.05) is 23.7 Å². The van der Waals surface area contributed by atoms with Crippen LogP contribution in [-0.2, 0) is 6.54 Å². The van der Waals surface area contributed by atoms with E-state index in [1.165, 1.54) is 6.07 Å². The number of anilines is 1. The van der Waals surface area contributed by atoms with Gasteiger partial charge in [-0.2, -0.15) is 0 Å². The topological polar surface area (TPSA) is 30.9 Å². The Morgan fingerprint density at radius 1 is 1.16 bits per heavy atom. The van der Waals surface area contributed by atoms with Crippen molar-refractivity contribution in [1.29, 1.82) is 0 Å². The predicted molar refractivity (Wildman–Crippen MR) is 76.9 cm³/mol. The van der Waals surface area contributed by atoms with E-state index < -0.39 is 0 Å². The number of nitrogens with zero attached hydrogens (tertiary/aromatic N) is 1. The van der Waals surface area contributed by atoms with E-state index in [-0.39, 0.29) is 5.82 Å². The molecule has 0 fully saturated rings. The largest absolute Gasteiger partial charge is 0.398 e. The maximum absolute atomic E-state index is 13.6. The van der Waals surface area contributed by atoms with Crippen molar-refractivity contribution in [3.8, 4) is 0 Å². The van der Waals surface area contributed by atoms with Gasteiger partial charge < -0.3 is 10.3 Å². The molecule has 3 aromatic rings. The van der Waals surface area contributed by atoms with Gasteiger partial charge in [-0.3, -0.25) is 0 Å². The smallest absolute Gasteiger partial charge is 0.132 e. The minimum atomic E-state index is -0.208. The van der Waals surface area contributed by atoms with E-state index in [9.17, 15) is 4.39 Å². The van der Waals surface area contributed by atoms with Crippen molar-refractivity contribution in [1.82, 2.24) is 4.57 Å². The highest BCUT2D eigenvalue weighted by atomic mass is 35.5. The molecule has 0 bridgehead atoms. The summed E-state index contributed by atoms with van der Waals surface area (Å²) in [5.41, 5.74) is 8.40. The van der Waals surface area contributed by atoms with Crippen LogP contribution >= 0.6 is 11.6 Å². The van der Waals surface area contributed by atoms with Crippen LogP contribution in [0.3, 0.4) is 0 Å². The lowest BCUT2D eigenvalue weighted by atomic mass is 10.2. The maximum Gasteiger partial charge on any atom is 0.132 e. The Morgan fingerprint density at radius 2 is 2.00 bits per heavy atom. The second kappa shape index (κ2) is 4.59. The van der Waals surface area contributed by atoms with E-state index in [4.69, 9.17) is 17.3 Å². The van der Waals surface area contributed by atoms with Gasteiger partial charge in [-0.15, -0.1) is 0 Å². The number of hydrogen-bond acceptors (Lipinski definition) is 1. The third-order valence-corrected chi connectivity index (χ3v) is 3.44. The molecule has 0 radical (unpaired) electrons. The molecular weight excluding hydrogens is 263 g/mol. The summed E-state index contributed by atoms with van der Waals surface area (Å²) in [6, 6.07) is 12.3. The third kappa shape index (κ3) is 2.17. The molecule has 2 nitrogen and oxygen atoms in total. The quantitative estimate of drug-likeness (QED) is 0.702. The molecule has 0 spiro atoms. The summed E-state index contributed by atoms with van der Waals surface area (Å²) in [6.07, 6.45) is 1.86. The SMILES string of the molecule is Nc1cc(Cl)ccc1Cn1ccc2c(F)cccc21. The molecule has 19 heavy (non-hydrogen) atoms. The highest BCUT2D eigenvalue weighted by Crippen LogP contribution is 2.23. The standard InChI is InChI=1S/C15H12ClFN2/c16-11-5-4-10(14(18)8-11)9-19-7-6-12-13(17)2-1-3-15(12)19/h1-8H,9,18H2. The van der Waals surface area contributed by atoms with Crippen LogP contribution in [0.25, 0.3) is 10.9 Å². The highest BCUT2D eigenvalue weighted by Gasteiger charge is 2.07. The molecule has 1 aromatic heterocycles. The number of nitrogens with two attached hydrogens (primary N) is 1. The second-order valence-corrected chi connectivity index (χ2v) is 4.90. The highest BCUT2D eigenvalue weighted by molar-refractivity contribution is 6.30. The van der Waals surface area contributed by atoms with Crippen molar-refractivity contribution in [2.75, 3.05) is 5.73 Å². The zero-order chi connectivity index (χ0) is 13.4. The first-order valence-corrected chi connectivity index (χ1v) is 6.30. The minimum absolute atomic E-state index is 0.208. The summed E-state index contributed by atoms with van der Waals surface area (Å²) in [5.74, 6) is -0.208. The van der Waals surface area contributed by atoms with Gasteiger partial charge in [0.15, 0.2) is 0 Å². The summed E-state index contributed by atoms with van der Waals surface area (Å²) in [4.78, 5) is 0. The number of fused-ring (bicyclic) bond motifs is 1. The minimum Gasteiger partial charge on any atom is -0.398 e. The molecule has 0 saturated heterocycles. The van der Waals surface area contributed by atoms with Gasteiger partial charge in [-0.05, 0) is 35.9 Å². The van der Waals surface area contributed by atoms with Crippen LogP contribution in [0.2, 0.25) is 5.02 Å². The molecule has 0 unspecified atom stereocenters. The van der Waals surface area contributed by atoms with Crippen LogP contribution in [0.4, 0.5) is 10.1 Å². The molecule has 96 valence electrons. The molecule has 2 N–H and O–H groups in total. The Kier molecular flexibility index (Phi) is 2.91. The lowest BCUT2D eigenvalue weighted by Crippen LogP contribution is -2.01. The molecular formula is C15H12ClFN2. The molecule has 0 aliphatic heterocycles. The van der Waals surface area contributed by atoms with Gasteiger partial charge in [0.2, 0.25) is 0 Å². The molecule has 3 rings (SSSR count). The molecule has 0 amide bonds. The first-order valence-electron chi connectivity index (χ1n) is 5.92. The Balaban J connectivity index is 2.04. The van der Waals surface area contributed by atoms with Crippen molar-refractivity contribution in [3.05, 3.63) is 65.1 Å². The van der Waals surface area contributed by atoms with E-state index in [0.717, 1.165) is 11.1 Å². The number of benzene rings is 2.